The molecule has 2 aromatic carbocycles. The zero-order chi connectivity index (χ0) is 17.1. The van der Waals surface area contributed by atoms with Gasteiger partial charge in [-0.1, -0.05) is 60.7 Å². The highest BCUT2D eigenvalue weighted by Crippen LogP contribution is 2.37. The van der Waals surface area contributed by atoms with E-state index in [1.807, 2.05) is 41.7 Å². The van der Waals surface area contributed by atoms with Crippen LogP contribution in [0.3, 0.4) is 0 Å². The first-order valence-corrected chi connectivity index (χ1v) is 9.76. The van der Waals surface area contributed by atoms with Crippen molar-refractivity contribution in [3.05, 3.63) is 93.7 Å². The van der Waals surface area contributed by atoms with Gasteiger partial charge in [0, 0.05) is 24.0 Å². The molecule has 128 valence electrons. The smallest absolute Gasteiger partial charge is 0.0808 e. The largest absolute Gasteiger partial charge is 0.388 e. The first-order chi connectivity index (χ1) is 12.3. The SMILES string of the molecule is O[C@@H](C[C@@H]1c2ccccc2CCN1Cc1cccs1)c1ccccc1. The third kappa shape index (κ3) is 3.69. The second kappa shape index (κ2) is 7.52. The van der Waals surface area contributed by atoms with Crippen molar-refractivity contribution in [2.24, 2.45) is 0 Å². The molecule has 0 unspecified atom stereocenters. The number of hydrogen-bond acceptors (Lipinski definition) is 3. The Balaban J connectivity index is 1.61. The molecule has 1 aliphatic heterocycles. The molecule has 3 aromatic rings. The molecule has 0 saturated heterocycles. The number of fused-ring (bicyclic) bond motifs is 1. The van der Waals surface area contributed by atoms with E-state index in [1.165, 1.54) is 16.0 Å². The molecule has 0 radical (unpaired) electrons. The van der Waals surface area contributed by atoms with E-state index in [1.54, 1.807) is 0 Å². The summed E-state index contributed by atoms with van der Waals surface area (Å²) in [5, 5.41) is 13.0. The molecule has 2 heterocycles. The van der Waals surface area contributed by atoms with E-state index in [2.05, 4.69) is 46.7 Å². The second-order valence-electron chi connectivity index (χ2n) is 6.68. The molecule has 3 heteroatoms. The van der Waals surface area contributed by atoms with Crippen molar-refractivity contribution in [3.8, 4) is 0 Å². The second-order valence-corrected chi connectivity index (χ2v) is 7.71. The van der Waals surface area contributed by atoms with E-state index in [0.29, 0.717) is 0 Å². The molecule has 0 bridgehead atoms. The summed E-state index contributed by atoms with van der Waals surface area (Å²) in [6.45, 7) is 2.00. The lowest BCUT2D eigenvalue weighted by Gasteiger charge is -2.38. The third-order valence-electron chi connectivity index (χ3n) is 5.09. The molecular weight excluding hydrogens is 326 g/mol. The Kier molecular flexibility index (Phi) is 4.97. The molecule has 0 saturated carbocycles. The fourth-order valence-electron chi connectivity index (χ4n) is 3.79. The number of aliphatic hydroxyl groups excluding tert-OH is 1. The molecule has 2 nitrogen and oxygen atoms in total. The van der Waals surface area contributed by atoms with E-state index >= 15 is 0 Å². The van der Waals surface area contributed by atoms with Crippen LogP contribution in [0.15, 0.2) is 72.1 Å². The van der Waals surface area contributed by atoms with Crippen LogP contribution in [-0.4, -0.2) is 16.6 Å². The topological polar surface area (TPSA) is 23.5 Å². The van der Waals surface area contributed by atoms with Gasteiger partial charge >= 0.3 is 0 Å². The van der Waals surface area contributed by atoms with Crippen molar-refractivity contribution < 1.29 is 5.11 Å². The summed E-state index contributed by atoms with van der Waals surface area (Å²) in [6, 6.07) is 23.3. The Bertz CT molecular complexity index is 800. The van der Waals surface area contributed by atoms with Crippen LogP contribution in [0.1, 0.15) is 40.1 Å². The number of aliphatic hydroxyl groups is 1. The number of rotatable bonds is 5. The monoisotopic (exact) mass is 349 g/mol. The predicted octanol–water partition coefficient (Wildman–Crippen LogP) is 4.97. The lowest BCUT2D eigenvalue weighted by atomic mass is 9.88. The van der Waals surface area contributed by atoms with Crippen molar-refractivity contribution in [2.75, 3.05) is 6.54 Å². The molecule has 1 N–H and O–H groups in total. The van der Waals surface area contributed by atoms with Gasteiger partial charge in [0.2, 0.25) is 0 Å². The predicted molar refractivity (Wildman–Crippen MR) is 104 cm³/mol. The van der Waals surface area contributed by atoms with E-state index in [-0.39, 0.29) is 6.04 Å². The molecule has 0 amide bonds. The van der Waals surface area contributed by atoms with Crippen LogP contribution in [-0.2, 0) is 13.0 Å². The van der Waals surface area contributed by atoms with Crippen molar-refractivity contribution in [3.63, 3.8) is 0 Å². The molecule has 2 atom stereocenters. The van der Waals surface area contributed by atoms with Crippen molar-refractivity contribution in [2.45, 2.75) is 31.5 Å². The quantitative estimate of drug-likeness (QED) is 0.703. The van der Waals surface area contributed by atoms with Crippen LogP contribution < -0.4 is 0 Å². The zero-order valence-electron chi connectivity index (χ0n) is 14.2. The van der Waals surface area contributed by atoms with E-state index in [4.69, 9.17) is 0 Å². The number of nitrogens with zero attached hydrogens (tertiary/aromatic N) is 1. The number of benzene rings is 2. The Labute approximate surface area is 153 Å². The summed E-state index contributed by atoms with van der Waals surface area (Å²) in [4.78, 5) is 3.92. The van der Waals surface area contributed by atoms with Gasteiger partial charge in [-0.05, 0) is 41.0 Å². The van der Waals surface area contributed by atoms with Crippen LogP contribution in [0.2, 0.25) is 0 Å². The van der Waals surface area contributed by atoms with E-state index in [0.717, 1.165) is 31.5 Å². The minimum Gasteiger partial charge on any atom is -0.388 e. The van der Waals surface area contributed by atoms with Gasteiger partial charge in [-0.2, -0.15) is 0 Å². The third-order valence-corrected chi connectivity index (χ3v) is 5.95. The van der Waals surface area contributed by atoms with Crippen LogP contribution in [0.5, 0.6) is 0 Å². The lowest BCUT2D eigenvalue weighted by Crippen LogP contribution is -2.35. The summed E-state index contributed by atoms with van der Waals surface area (Å²) >= 11 is 1.81. The minimum atomic E-state index is -0.441. The highest BCUT2D eigenvalue weighted by molar-refractivity contribution is 7.09. The van der Waals surface area contributed by atoms with Gasteiger partial charge < -0.3 is 5.11 Å². The maximum Gasteiger partial charge on any atom is 0.0808 e. The maximum atomic E-state index is 10.8. The number of hydrogen-bond donors (Lipinski definition) is 1. The number of thiophene rings is 1. The van der Waals surface area contributed by atoms with E-state index in [9.17, 15) is 5.11 Å². The lowest BCUT2D eigenvalue weighted by molar-refractivity contribution is 0.0911. The highest BCUT2D eigenvalue weighted by Gasteiger charge is 2.29. The van der Waals surface area contributed by atoms with Gasteiger partial charge in [-0.3, -0.25) is 4.90 Å². The van der Waals surface area contributed by atoms with Crippen molar-refractivity contribution in [1.29, 1.82) is 0 Å². The minimum absolute atomic E-state index is 0.252. The maximum absolute atomic E-state index is 10.8. The van der Waals surface area contributed by atoms with Crippen molar-refractivity contribution >= 4 is 11.3 Å². The van der Waals surface area contributed by atoms with Gasteiger partial charge in [0.15, 0.2) is 0 Å². The Hall–Kier alpha value is -1.94. The average molecular weight is 349 g/mol. The first kappa shape index (κ1) is 16.5. The molecule has 0 spiro atoms. The van der Waals surface area contributed by atoms with Crippen molar-refractivity contribution in [1.82, 2.24) is 4.90 Å². The highest BCUT2D eigenvalue weighted by atomic mass is 32.1. The van der Waals surface area contributed by atoms with Crippen LogP contribution in [0.4, 0.5) is 0 Å². The van der Waals surface area contributed by atoms with Crippen LogP contribution >= 0.6 is 11.3 Å². The van der Waals surface area contributed by atoms with Crippen LogP contribution in [0.25, 0.3) is 0 Å². The zero-order valence-corrected chi connectivity index (χ0v) is 15.0. The molecular formula is C22H23NOS. The molecule has 0 aliphatic carbocycles. The molecule has 4 rings (SSSR count). The molecule has 0 fully saturated rings. The van der Waals surface area contributed by atoms with Gasteiger partial charge in [0.05, 0.1) is 6.10 Å². The summed E-state index contributed by atoms with van der Waals surface area (Å²) in [5.74, 6) is 0. The summed E-state index contributed by atoms with van der Waals surface area (Å²) in [5.41, 5.74) is 3.80. The summed E-state index contributed by atoms with van der Waals surface area (Å²) in [6.07, 6.45) is 1.37. The Morgan fingerprint density at radius 1 is 1.00 bits per heavy atom. The van der Waals surface area contributed by atoms with E-state index < -0.39 is 6.10 Å². The van der Waals surface area contributed by atoms with Gasteiger partial charge in [0.1, 0.15) is 0 Å². The van der Waals surface area contributed by atoms with Gasteiger partial charge in [0.25, 0.3) is 0 Å². The molecule has 1 aliphatic rings. The first-order valence-electron chi connectivity index (χ1n) is 8.88. The normalized spacial score (nSPS) is 18.7. The summed E-state index contributed by atoms with van der Waals surface area (Å²) in [7, 11) is 0. The van der Waals surface area contributed by atoms with Crippen LogP contribution in [0, 0.1) is 0 Å². The Morgan fingerprint density at radius 2 is 1.80 bits per heavy atom. The Morgan fingerprint density at radius 3 is 2.60 bits per heavy atom. The van der Waals surface area contributed by atoms with Gasteiger partial charge in [-0.25, -0.2) is 0 Å². The fourth-order valence-corrected chi connectivity index (χ4v) is 4.52. The fraction of sp³-hybridized carbons (Fsp3) is 0.273. The standard InChI is InChI=1S/C22H23NOS/c24-22(18-8-2-1-3-9-18)15-21-20-11-5-4-7-17(20)12-13-23(21)16-19-10-6-14-25-19/h1-11,14,21-22,24H,12-13,15-16H2/t21-,22+/m1/s1. The average Bonchev–Trinajstić information content (AvgIpc) is 3.17. The molecule has 25 heavy (non-hydrogen) atoms. The summed E-state index contributed by atoms with van der Waals surface area (Å²) < 4.78 is 0. The van der Waals surface area contributed by atoms with Gasteiger partial charge in [-0.15, -0.1) is 11.3 Å². The molecule has 1 aromatic heterocycles.